The third-order valence-corrected chi connectivity index (χ3v) is 3.17. The lowest BCUT2D eigenvalue weighted by Crippen LogP contribution is -2.28. The van der Waals surface area contributed by atoms with Crippen LogP contribution in [0.5, 0.6) is 5.75 Å². The topological polar surface area (TPSA) is 92.8 Å². The first kappa shape index (κ1) is 13.2. The molecular weight excluding hydrogens is 272 g/mol. The van der Waals surface area contributed by atoms with Crippen LogP contribution in [0.3, 0.4) is 0 Å². The molecule has 0 aliphatic heterocycles. The van der Waals surface area contributed by atoms with Gasteiger partial charge in [-0.2, -0.15) is 0 Å². The Labute approximate surface area is 119 Å². The standard InChI is InChI=1S/C14H14N4O3/c1-3-21-9-6-4-5-8(7-9)11-15-10-12(16-11)18(2)14(20)17-13(10)19/h4-7H,3H2,1-2H3,(H,15,16)(H,17,19,20). The van der Waals surface area contributed by atoms with E-state index in [1.54, 1.807) is 7.05 Å². The smallest absolute Gasteiger partial charge is 0.329 e. The molecule has 0 amide bonds. The van der Waals surface area contributed by atoms with E-state index in [1.807, 2.05) is 31.2 Å². The molecule has 7 nitrogen and oxygen atoms in total. The Kier molecular flexibility index (Phi) is 3.09. The summed E-state index contributed by atoms with van der Waals surface area (Å²) in [7, 11) is 1.56. The number of aryl methyl sites for hydroxylation is 1. The molecule has 0 saturated heterocycles. The number of ether oxygens (including phenoxy) is 1. The highest BCUT2D eigenvalue weighted by molar-refractivity contribution is 5.75. The van der Waals surface area contributed by atoms with Gasteiger partial charge < -0.3 is 9.72 Å². The van der Waals surface area contributed by atoms with Gasteiger partial charge >= 0.3 is 5.69 Å². The Morgan fingerprint density at radius 3 is 2.86 bits per heavy atom. The Hall–Kier alpha value is -2.83. The normalized spacial score (nSPS) is 11.0. The molecule has 0 radical (unpaired) electrons. The van der Waals surface area contributed by atoms with Gasteiger partial charge in [-0.1, -0.05) is 12.1 Å². The van der Waals surface area contributed by atoms with Crippen molar-refractivity contribution < 1.29 is 4.74 Å². The van der Waals surface area contributed by atoms with Gasteiger partial charge in [0.25, 0.3) is 5.56 Å². The monoisotopic (exact) mass is 286 g/mol. The van der Waals surface area contributed by atoms with Crippen LogP contribution >= 0.6 is 0 Å². The summed E-state index contributed by atoms with van der Waals surface area (Å²) in [5, 5.41) is 0. The Morgan fingerprint density at radius 1 is 1.29 bits per heavy atom. The largest absolute Gasteiger partial charge is 0.494 e. The molecule has 3 aromatic rings. The minimum absolute atomic E-state index is 0.272. The van der Waals surface area contributed by atoms with E-state index >= 15 is 0 Å². The molecule has 0 bridgehead atoms. The van der Waals surface area contributed by atoms with Crippen molar-refractivity contribution in [3.05, 3.63) is 45.1 Å². The van der Waals surface area contributed by atoms with Gasteiger partial charge in [-0.25, -0.2) is 9.78 Å². The van der Waals surface area contributed by atoms with Crippen LogP contribution in [-0.4, -0.2) is 26.1 Å². The second-order valence-corrected chi connectivity index (χ2v) is 4.56. The highest BCUT2D eigenvalue weighted by Crippen LogP contribution is 2.22. The molecule has 21 heavy (non-hydrogen) atoms. The van der Waals surface area contributed by atoms with Crippen molar-refractivity contribution in [1.82, 2.24) is 19.5 Å². The van der Waals surface area contributed by atoms with Crippen LogP contribution in [0.25, 0.3) is 22.6 Å². The zero-order valence-electron chi connectivity index (χ0n) is 11.6. The molecule has 2 N–H and O–H groups in total. The zero-order chi connectivity index (χ0) is 15.0. The van der Waals surface area contributed by atoms with Crippen molar-refractivity contribution in [2.75, 3.05) is 6.61 Å². The van der Waals surface area contributed by atoms with Crippen LogP contribution in [0, 0.1) is 0 Å². The Bertz CT molecular complexity index is 920. The predicted molar refractivity (Wildman–Crippen MR) is 78.6 cm³/mol. The summed E-state index contributed by atoms with van der Waals surface area (Å²) in [5.74, 6) is 1.23. The quantitative estimate of drug-likeness (QED) is 0.751. The molecule has 1 aromatic carbocycles. The fourth-order valence-corrected chi connectivity index (χ4v) is 2.14. The van der Waals surface area contributed by atoms with Crippen LogP contribution in [0.4, 0.5) is 0 Å². The average Bonchev–Trinajstić information content (AvgIpc) is 2.91. The summed E-state index contributed by atoms with van der Waals surface area (Å²) < 4.78 is 6.74. The van der Waals surface area contributed by atoms with Gasteiger partial charge in [0.1, 0.15) is 17.1 Å². The molecular formula is C14H14N4O3. The number of rotatable bonds is 3. The van der Waals surface area contributed by atoms with Gasteiger partial charge in [-0.05, 0) is 19.1 Å². The number of nitrogens with one attached hydrogen (secondary N) is 2. The van der Waals surface area contributed by atoms with Crippen molar-refractivity contribution in [1.29, 1.82) is 0 Å². The van der Waals surface area contributed by atoms with Crippen molar-refractivity contribution in [2.24, 2.45) is 7.05 Å². The molecule has 2 heterocycles. The van der Waals surface area contributed by atoms with E-state index in [9.17, 15) is 9.59 Å². The molecule has 0 fully saturated rings. The molecule has 0 unspecified atom stereocenters. The fraction of sp³-hybridized carbons (Fsp3) is 0.214. The molecule has 2 aromatic heterocycles. The summed E-state index contributed by atoms with van der Waals surface area (Å²) in [5.41, 5.74) is 0.403. The van der Waals surface area contributed by atoms with Crippen molar-refractivity contribution in [2.45, 2.75) is 6.92 Å². The number of hydrogen-bond donors (Lipinski definition) is 2. The van der Waals surface area contributed by atoms with Gasteiger partial charge in [-0.3, -0.25) is 14.3 Å². The number of H-pyrrole nitrogens is 2. The minimum atomic E-state index is -0.492. The Morgan fingerprint density at radius 2 is 2.10 bits per heavy atom. The van der Waals surface area contributed by atoms with Gasteiger partial charge in [0.2, 0.25) is 0 Å². The first-order chi connectivity index (χ1) is 10.1. The van der Waals surface area contributed by atoms with Crippen LogP contribution in [-0.2, 0) is 7.05 Å². The van der Waals surface area contributed by atoms with Gasteiger partial charge in [0, 0.05) is 12.6 Å². The van der Waals surface area contributed by atoms with E-state index in [0.29, 0.717) is 18.1 Å². The lowest BCUT2D eigenvalue weighted by molar-refractivity contribution is 0.340. The number of fused-ring (bicyclic) bond motifs is 1. The van der Waals surface area contributed by atoms with Crippen molar-refractivity contribution in [3.8, 4) is 17.1 Å². The zero-order valence-corrected chi connectivity index (χ0v) is 11.6. The van der Waals surface area contributed by atoms with Crippen LogP contribution in [0.2, 0.25) is 0 Å². The summed E-state index contributed by atoms with van der Waals surface area (Å²) in [6.45, 7) is 2.47. The lowest BCUT2D eigenvalue weighted by Gasteiger charge is -2.03. The summed E-state index contributed by atoms with van der Waals surface area (Å²) >= 11 is 0. The number of aromatic amines is 2. The maximum atomic E-state index is 11.8. The summed E-state index contributed by atoms with van der Waals surface area (Å²) in [4.78, 5) is 32.9. The SMILES string of the molecule is CCOc1cccc(-c2nc3c([nH]2)c(=O)[nH]c(=O)n3C)c1. The van der Waals surface area contributed by atoms with E-state index in [1.165, 1.54) is 4.57 Å². The Balaban J connectivity index is 2.20. The molecule has 108 valence electrons. The first-order valence-corrected chi connectivity index (χ1v) is 6.52. The summed E-state index contributed by atoms with van der Waals surface area (Å²) in [6, 6.07) is 7.37. The average molecular weight is 286 g/mol. The van der Waals surface area contributed by atoms with Gasteiger partial charge in [-0.15, -0.1) is 0 Å². The molecule has 3 rings (SSSR count). The van der Waals surface area contributed by atoms with Crippen molar-refractivity contribution in [3.63, 3.8) is 0 Å². The second kappa shape index (κ2) is 4.93. The van der Waals surface area contributed by atoms with Crippen molar-refractivity contribution >= 4 is 11.2 Å². The molecule has 0 aliphatic carbocycles. The van der Waals surface area contributed by atoms with E-state index in [-0.39, 0.29) is 5.52 Å². The fourth-order valence-electron chi connectivity index (χ4n) is 2.14. The van der Waals surface area contributed by atoms with Crippen LogP contribution in [0.1, 0.15) is 6.92 Å². The minimum Gasteiger partial charge on any atom is -0.494 e. The number of imidazole rings is 1. The maximum Gasteiger partial charge on any atom is 0.329 e. The van der Waals surface area contributed by atoms with Crippen LogP contribution in [0.15, 0.2) is 33.9 Å². The van der Waals surface area contributed by atoms with Crippen LogP contribution < -0.4 is 16.0 Å². The number of nitrogens with zero attached hydrogens (tertiary/aromatic N) is 2. The van der Waals surface area contributed by atoms with E-state index in [0.717, 1.165) is 11.3 Å². The molecule has 7 heteroatoms. The molecule has 0 aliphatic rings. The summed E-state index contributed by atoms with van der Waals surface area (Å²) in [6.07, 6.45) is 0. The predicted octanol–water partition coefficient (Wildman–Crippen LogP) is 1.02. The highest BCUT2D eigenvalue weighted by Gasteiger charge is 2.12. The highest BCUT2D eigenvalue weighted by atomic mass is 16.5. The first-order valence-electron chi connectivity index (χ1n) is 6.52. The van der Waals surface area contributed by atoms with E-state index in [2.05, 4.69) is 15.0 Å². The van der Waals surface area contributed by atoms with E-state index in [4.69, 9.17) is 4.74 Å². The number of aromatic nitrogens is 4. The molecule has 0 saturated carbocycles. The van der Waals surface area contributed by atoms with E-state index < -0.39 is 11.2 Å². The number of benzene rings is 1. The lowest BCUT2D eigenvalue weighted by atomic mass is 10.2. The third kappa shape index (κ3) is 2.22. The molecule has 0 atom stereocenters. The maximum absolute atomic E-state index is 11.8. The van der Waals surface area contributed by atoms with Gasteiger partial charge in [0.15, 0.2) is 5.65 Å². The number of hydrogen-bond acceptors (Lipinski definition) is 4. The molecule has 0 spiro atoms. The second-order valence-electron chi connectivity index (χ2n) is 4.56. The van der Waals surface area contributed by atoms with Gasteiger partial charge in [0.05, 0.1) is 6.61 Å². The third-order valence-electron chi connectivity index (χ3n) is 3.17.